The molecule has 0 unspecified atom stereocenters. The van der Waals surface area contributed by atoms with Crippen LogP contribution in [0.15, 0.2) is 42.2 Å². The molecule has 1 heterocycles. The first-order valence-electron chi connectivity index (χ1n) is 3.45. The lowest BCUT2D eigenvalue weighted by atomic mass is 10.3. The van der Waals surface area contributed by atoms with E-state index in [-0.39, 0.29) is 0 Å². The largest absolute Gasteiger partial charge is 0.443 e. The van der Waals surface area contributed by atoms with E-state index in [9.17, 15) is 0 Å². The van der Waals surface area contributed by atoms with E-state index in [1.165, 1.54) is 6.39 Å². The van der Waals surface area contributed by atoms with E-state index in [0.29, 0.717) is 5.69 Å². The molecule has 0 aliphatic rings. The summed E-state index contributed by atoms with van der Waals surface area (Å²) in [5, 5.41) is 0. The standard InChI is InChI=1S/C7H6N2O.C2H4/c8-5-1-2-6-7(3-5)10-4-9-6;1-2/h1-4H,8H2;1-2H2. The van der Waals surface area contributed by atoms with Gasteiger partial charge in [0, 0.05) is 11.8 Å². The first-order chi connectivity index (χ1) is 5.86. The van der Waals surface area contributed by atoms with Crippen LogP contribution in [0.5, 0.6) is 0 Å². The molecule has 1 aromatic heterocycles. The molecule has 62 valence electrons. The number of nitrogen functional groups attached to an aromatic ring is 1. The van der Waals surface area contributed by atoms with E-state index in [0.717, 1.165) is 11.1 Å². The summed E-state index contributed by atoms with van der Waals surface area (Å²) >= 11 is 0. The summed E-state index contributed by atoms with van der Waals surface area (Å²) in [5.74, 6) is 0. The molecule has 0 bridgehead atoms. The maximum Gasteiger partial charge on any atom is 0.181 e. The number of nitrogens with zero attached hydrogens (tertiary/aromatic N) is 1. The molecule has 1 aromatic carbocycles. The van der Waals surface area contributed by atoms with Crippen molar-refractivity contribution in [2.45, 2.75) is 0 Å². The molecule has 0 spiro atoms. The Morgan fingerprint density at radius 2 is 2.08 bits per heavy atom. The monoisotopic (exact) mass is 162 g/mol. The number of nitrogens with two attached hydrogens (primary N) is 1. The lowest BCUT2D eigenvalue weighted by Gasteiger charge is -1.88. The van der Waals surface area contributed by atoms with Gasteiger partial charge in [-0.1, -0.05) is 0 Å². The Bertz CT molecular complexity index is 367. The molecule has 2 aromatic rings. The molecule has 0 saturated heterocycles. The molecule has 0 fully saturated rings. The number of oxazole rings is 1. The van der Waals surface area contributed by atoms with Gasteiger partial charge in [0.25, 0.3) is 0 Å². The Morgan fingerprint density at radius 1 is 1.33 bits per heavy atom. The van der Waals surface area contributed by atoms with Crippen molar-refractivity contribution in [2.24, 2.45) is 0 Å². The van der Waals surface area contributed by atoms with E-state index in [1.54, 1.807) is 12.1 Å². The molecular weight excluding hydrogens is 152 g/mol. The van der Waals surface area contributed by atoms with Crippen molar-refractivity contribution in [3.05, 3.63) is 37.8 Å². The second kappa shape index (κ2) is 3.57. The van der Waals surface area contributed by atoms with Gasteiger partial charge in [-0.25, -0.2) is 4.98 Å². The van der Waals surface area contributed by atoms with Crippen LogP contribution >= 0.6 is 0 Å². The third-order valence-electron chi connectivity index (χ3n) is 1.36. The SMILES string of the molecule is C=C.Nc1ccc2ncoc2c1. The number of hydrogen-bond acceptors (Lipinski definition) is 3. The Kier molecular flexibility index (Phi) is 2.48. The summed E-state index contributed by atoms with van der Waals surface area (Å²) < 4.78 is 5.01. The minimum Gasteiger partial charge on any atom is -0.443 e. The van der Waals surface area contributed by atoms with Gasteiger partial charge < -0.3 is 10.2 Å². The fourth-order valence-electron chi connectivity index (χ4n) is 0.872. The van der Waals surface area contributed by atoms with Crippen molar-refractivity contribution in [1.82, 2.24) is 4.98 Å². The second-order valence-corrected chi connectivity index (χ2v) is 2.08. The zero-order valence-corrected chi connectivity index (χ0v) is 6.66. The number of benzene rings is 1. The van der Waals surface area contributed by atoms with Crippen molar-refractivity contribution in [1.29, 1.82) is 0 Å². The number of hydrogen-bond donors (Lipinski definition) is 1. The normalized spacial score (nSPS) is 9.00. The fraction of sp³-hybridized carbons (Fsp3) is 0. The lowest BCUT2D eigenvalue weighted by molar-refractivity contribution is 0.602. The van der Waals surface area contributed by atoms with Crippen molar-refractivity contribution >= 4 is 16.8 Å². The predicted octanol–water partition coefficient (Wildman–Crippen LogP) is 2.21. The van der Waals surface area contributed by atoms with Gasteiger partial charge in [-0.05, 0) is 12.1 Å². The van der Waals surface area contributed by atoms with Crippen LogP contribution < -0.4 is 5.73 Å². The lowest BCUT2D eigenvalue weighted by Crippen LogP contribution is -1.81. The van der Waals surface area contributed by atoms with E-state index in [1.807, 2.05) is 6.07 Å². The van der Waals surface area contributed by atoms with Crippen LogP contribution in [-0.4, -0.2) is 4.98 Å². The smallest absolute Gasteiger partial charge is 0.181 e. The summed E-state index contributed by atoms with van der Waals surface area (Å²) in [6.45, 7) is 6.00. The zero-order valence-electron chi connectivity index (χ0n) is 6.66. The van der Waals surface area contributed by atoms with Gasteiger partial charge in [-0.2, -0.15) is 0 Å². The molecule has 3 nitrogen and oxygen atoms in total. The Balaban J connectivity index is 0.000000336. The van der Waals surface area contributed by atoms with E-state index < -0.39 is 0 Å². The highest BCUT2D eigenvalue weighted by molar-refractivity contribution is 5.75. The third kappa shape index (κ3) is 1.45. The average molecular weight is 162 g/mol. The molecule has 0 saturated carbocycles. The number of anilines is 1. The fourth-order valence-corrected chi connectivity index (χ4v) is 0.872. The topological polar surface area (TPSA) is 52.0 Å². The summed E-state index contributed by atoms with van der Waals surface area (Å²) in [7, 11) is 0. The van der Waals surface area contributed by atoms with Crippen molar-refractivity contribution in [3.63, 3.8) is 0 Å². The van der Waals surface area contributed by atoms with Crippen LogP contribution in [-0.2, 0) is 0 Å². The summed E-state index contributed by atoms with van der Waals surface area (Å²) in [6.07, 6.45) is 1.41. The Hall–Kier alpha value is -1.77. The van der Waals surface area contributed by atoms with Gasteiger partial charge in [0.1, 0.15) is 5.52 Å². The molecule has 0 atom stereocenters. The van der Waals surface area contributed by atoms with Crippen LogP contribution in [0.3, 0.4) is 0 Å². The molecule has 0 aliphatic heterocycles. The van der Waals surface area contributed by atoms with Crippen LogP contribution in [0.2, 0.25) is 0 Å². The van der Waals surface area contributed by atoms with Gasteiger partial charge >= 0.3 is 0 Å². The molecular formula is C9H10N2O. The second-order valence-electron chi connectivity index (χ2n) is 2.08. The number of rotatable bonds is 0. The van der Waals surface area contributed by atoms with Crippen LogP contribution in [0.1, 0.15) is 0 Å². The highest BCUT2D eigenvalue weighted by Gasteiger charge is 1.95. The predicted molar refractivity (Wildman–Crippen MR) is 49.7 cm³/mol. The van der Waals surface area contributed by atoms with Gasteiger partial charge in [0.05, 0.1) is 0 Å². The van der Waals surface area contributed by atoms with Gasteiger partial charge in [0.15, 0.2) is 12.0 Å². The first-order valence-corrected chi connectivity index (χ1v) is 3.45. The highest BCUT2D eigenvalue weighted by atomic mass is 16.3. The van der Waals surface area contributed by atoms with Gasteiger partial charge in [-0.3, -0.25) is 0 Å². The zero-order chi connectivity index (χ0) is 8.97. The van der Waals surface area contributed by atoms with E-state index in [4.69, 9.17) is 10.2 Å². The summed E-state index contributed by atoms with van der Waals surface area (Å²) in [4.78, 5) is 3.94. The number of aromatic nitrogens is 1. The quantitative estimate of drug-likeness (QED) is 0.477. The maximum absolute atomic E-state index is 5.50. The minimum absolute atomic E-state index is 0.698. The Labute approximate surface area is 70.5 Å². The molecule has 0 radical (unpaired) electrons. The average Bonchev–Trinajstić information content (AvgIpc) is 2.54. The highest BCUT2D eigenvalue weighted by Crippen LogP contribution is 2.14. The van der Waals surface area contributed by atoms with Crippen LogP contribution in [0.4, 0.5) is 5.69 Å². The molecule has 12 heavy (non-hydrogen) atoms. The van der Waals surface area contributed by atoms with E-state index in [2.05, 4.69) is 18.1 Å². The molecule has 0 aliphatic carbocycles. The molecule has 3 heteroatoms. The molecule has 0 amide bonds. The van der Waals surface area contributed by atoms with Crippen LogP contribution in [0, 0.1) is 0 Å². The number of fused-ring (bicyclic) bond motifs is 1. The summed E-state index contributed by atoms with van der Waals surface area (Å²) in [6, 6.07) is 5.38. The van der Waals surface area contributed by atoms with E-state index >= 15 is 0 Å². The molecule has 2 N–H and O–H groups in total. The van der Waals surface area contributed by atoms with Gasteiger partial charge in [0.2, 0.25) is 0 Å². The molecule has 2 rings (SSSR count). The van der Waals surface area contributed by atoms with Gasteiger partial charge in [-0.15, -0.1) is 13.2 Å². The van der Waals surface area contributed by atoms with Crippen molar-refractivity contribution in [3.8, 4) is 0 Å². The minimum atomic E-state index is 0.698. The Morgan fingerprint density at radius 3 is 2.83 bits per heavy atom. The van der Waals surface area contributed by atoms with Crippen LogP contribution in [0.25, 0.3) is 11.1 Å². The summed E-state index contributed by atoms with van der Waals surface area (Å²) in [5.41, 5.74) is 7.77. The van der Waals surface area contributed by atoms with Crippen molar-refractivity contribution in [2.75, 3.05) is 5.73 Å². The van der Waals surface area contributed by atoms with Crippen molar-refractivity contribution < 1.29 is 4.42 Å². The first kappa shape index (κ1) is 8.33. The maximum atomic E-state index is 5.50. The third-order valence-corrected chi connectivity index (χ3v) is 1.36.